The first-order chi connectivity index (χ1) is 6.72. The molecule has 0 amide bonds. The first-order valence-corrected chi connectivity index (χ1v) is 5.66. The van der Waals surface area contributed by atoms with Gasteiger partial charge in [-0.3, -0.25) is 4.79 Å². The van der Waals surface area contributed by atoms with E-state index in [-0.39, 0.29) is 0 Å². The molecule has 82 valence electrons. The Balaban J connectivity index is 2.23. The monoisotopic (exact) mass is 198 g/mol. The quantitative estimate of drug-likeness (QED) is 0.673. The van der Waals surface area contributed by atoms with Crippen LogP contribution < -0.4 is 0 Å². The standard InChI is InChI=1S/C11H22N2O/c1-3-12-6-4-7-13(10-9-12)8-5-11(2)14/h3-10H2,1-2H3. The minimum absolute atomic E-state index is 0.307. The van der Waals surface area contributed by atoms with E-state index >= 15 is 0 Å². The van der Waals surface area contributed by atoms with Crippen LogP contribution in [0.4, 0.5) is 0 Å². The van der Waals surface area contributed by atoms with E-state index < -0.39 is 0 Å². The van der Waals surface area contributed by atoms with Crippen LogP contribution in [0.5, 0.6) is 0 Å². The van der Waals surface area contributed by atoms with E-state index in [2.05, 4.69) is 16.7 Å². The number of nitrogens with zero attached hydrogens (tertiary/aromatic N) is 2. The van der Waals surface area contributed by atoms with E-state index in [1.54, 1.807) is 6.92 Å². The lowest BCUT2D eigenvalue weighted by molar-refractivity contribution is -0.117. The molecule has 3 nitrogen and oxygen atoms in total. The lowest BCUT2D eigenvalue weighted by Crippen LogP contribution is -2.31. The third kappa shape index (κ3) is 4.20. The highest BCUT2D eigenvalue weighted by Gasteiger charge is 2.13. The molecule has 1 fully saturated rings. The van der Waals surface area contributed by atoms with Crippen LogP contribution in [0.25, 0.3) is 0 Å². The lowest BCUT2D eigenvalue weighted by atomic mass is 10.3. The summed E-state index contributed by atoms with van der Waals surface area (Å²) in [7, 11) is 0. The number of Topliss-reactive ketones (excluding diaryl/α,β-unsaturated/α-hetero) is 1. The first kappa shape index (κ1) is 11.7. The predicted octanol–water partition coefficient (Wildman–Crippen LogP) is 0.993. The molecule has 0 saturated carbocycles. The molecule has 0 aromatic carbocycles. The van der Waals surface area contributed by atoms with E-state index in [0.29, 0.717) is 12.2 Å². The highest BCUT2D eigenvalue weighted by molar-refractivity contribution is 5.75. The maximum absolute atomic E-state index is 10.9. The van der Waals surface area contributed by atoms with Crippen LogP contribution in [0.15, 0.2) is 0 Å². The molecular formula is C11H22N2O. The minimum Gasteiger partial charge on any atom is -0.302 e. The summed E-state index contributed by atoms with van der Waals surface area (Å²) in [6.45, 7) is 10.7. The number of hydrogen-bond acceptors (Lipinski definition) is 3. The van der Waals surface area contributed by atoms with Crippen molar-refractivity contribution in [3.63, 3.8) is 0 Å². The number of ketones is 1. The van der Waals surface area contributed by atoms with Crippen molar-refractivity contribution in [1.29, 1.82) is 0 Å². The average molecular weight is 198 g/mol. The lowest BCUT2D eigenvalue weighted by Gasteiger charge is -2.20. The van der Waals surface area contributed by atoms with Gasteiger partial charge in [-0.2, -0.15) is 0 Å². The van der Waals surface area contributed by atoms with Gasteiger partial charge in [-0.1, -0.05) is 6.92 Å². The Kier molecular flexibility index (Phi) is 5.12. The van der Waals surface area contributed by atoms with E-state index in [0.717, 1.165) is 32.7 Å². The molecule has 1 rings (SSSR count). The van der Waals surface area contributed by atoms with Gasteiger partial charge in [0.2, 0.25) is 0 Å². The van der Waals surface area contributed by atoms with Gasteiger partial charge in [0, 0.05) is 26.1 Å². The third-order valence-corrected chi connectivity index (χ3v) is 2.91. The summed E-state index contributed by atoms with van der Waals surface area (Å²) < 4.78 is 0. The second-order valence-corrected chi connectivity index (χ2v) is 4.08. The molecule has 14 heavy (non-hydrogen) atoms. The molecule has 3 heteroatoms. The van der Waals surface area contributed by atoms with Crippen molar-refractivity contribution in [3.8, 4) is 0 Å². The molecule has 0 unspecified atom stereocenters. The second kappa shape index (κ2) is 6.14. The van der Waals surface area contributed by atoms with Gasteiger partial charge in [0.25, 0.3) is 0 Å². The van der Waals surface area contributed by atoms with Gasteiger partial charge in [0.05, 0.1) is 0 Å². The van der Waals surface area contributed by atoms with Crippen molar-refractivity contribution in [3.05, 3.63) is 0 Å². The second-order valence-electron chi connectivity index (χ2n) is 4.08. The van der Waals surface area contributed by atoms with E-state index in [1.165, 1.54) is 13.0 Å². The van der Waals surface area contributed by atoms with Crippen molar-refractivity contribution in [2.24, 2.45) is 0 Å². The van der Waals surface area contributed by atoms with Crippen LogP contribution in [0.1, 0.15) is 26.7 Å². The van der Waals surface area contributed by atoms with Crippen molar-refractivity contribution < 1.29 is 4.79 Å². The molecular weight excluding hydrogens is 176 g/mol. The summed E-state index contributed by atoms with van der Waals surface area (Å²) in [5.41, 5.74) is 0. The highest BCUT2D eigenvalue weighted by Crippen LogP contribution is 2.03. The molecule has 0 radical (unpaired) electrons. The summed E-state index contributed by atoms with van der Waals surface area (Å²) in [6.07, 6.45) is 1.96. The van der Waals surface area contributed by atoms with Gasteiger partial charge in [0.1, 0.15) is 5.78 Å². The van der Waals surface area contributed by atoms with Crippen molar-refractivity contribution in [2.45, 2.75) is 26.7 Å². The molecule has 0 aromatic heterocycles. The van der Waals surface area contributed by atoms with Crippen LogP contribution in [0.2, 0.25) is 0 Å². The van der Waals surface area contributed by atoms with Crippen molar-refractivity contribution in [1.82, 2.24) is 9.80 Å². The Morgan fingerprint density at radius 2 is 1.79 bits per heavy atom. The van der Waals surface area contributed by atoms with Gasteiger partial charge < -0.3 is 9.80 Å². The normalized spacial score (nSPS) is 20.7. The molecule has 0 atom stereocenters. The number of hydrogen-bond donors (Lipinski definition) is 0. The van der Waals surface area contributed by atoms with Gasteiger partial charge in [-0.15, -0.1) is 0 Å². The van der Waals surface area contributed by atoms with Crippen molar-refractivity contribution in [2.75, 3.05) is 39.3 Å². The molecule has 0 N–H and O–H groups in total. The molecule has 0 aromatic rings. The van der Waals surface area contributed by atoms with Crippen LogP contribution in [0.3, 0.4) is 0 Å². The number of rotatable bonds is 4. The molecule has 1 heterocycles. The summed E-state index contributed by atoms with van der Waals surface area (Å²) >= 11 is 0. The molecule has 1 saturated heterocycles. The topological polar surface area (TPSA) is 23.6 Å². The van der Waals surface area contributed by atoms with E-state index in [9.17, 15) is 4.79 Å². The van der Waals surface area contributed by atoms with E-state index in [4.69, 9.17) is 0 Å². The summed E-state index contributed by atoms with van der Waals surface area (Å²) in [4.78, 5) is 15.7. The summed E-state index contributed by atoms with van der Waals surface area (Å²) in [5.74, 6) is 0.307. The Morgan fingerprint density at radius 3 is 2.43 bits per heavy atom. The van der Waals surface area contributed by atoms with Gasteiger partial charge >= 0.3 is 0 Å². The van der Waals surface area contributed by atoms with Crippen LogP contribution in [-0.2, 0) is 4.79 Å². The Morgan fingerprint density at radius 1 is 1.14 bits per heavy atom. The number of carbonyl (C=O) groups is 1. The maximum Gasteiger partial charge on any atom is 0.131 e. The van der Waals surface area contributed by atoms with Crippen LogP contribution in [-0.4, -0.2) is 54.9 Å². The summed E-state index contributed by atoms with van der Waals surface area (Å²) in [5, 5.41) is 0. The molecule has 0 spiro atoms. The zero-order valence-corrected chi connectivity index (χ0v) is 9.46. The average Bonchev–Trinajstić information content (AvgIpc) is 2.39. The molecule has 1 aliphatic rings. The fourth-order valence-electron chi connectivity index (χ4n) is 1.88. The fraction of sp³-hybridized carbons (Fsp3) is 0.909. The molecule has 0 aliphatic carbocycles. The number of likely N-dealkylation sites (N-methyl/N-ethyl adjacent to an activating group) is 1. The van der Waals surface area contributed by atoms with Gasteiger partial charge in [-0.05, 0) is 33.0 Å². The Bertz CT molecular complexity index is 182. The van der Waals surface area contributed by atoms with Gasteiger partial charge in [-0.25, -0.2) is 0 Å². The molecule has 0 bridgehead atoms. The summed E-state index contributed by atoms with van der Waals surface area (Å²) in [6, 6.07) is 0. The van der Waals surface area contributed by atoms with Crippen LogP contribution in [0, 0.1) is 0 Å². The predicted molar refractivity (Wildman–Crippen MR) is 58.5 cm³/mol. The maximum atomic E-state index is 10.9. The Hall–Kier alpha value is -0.410. The largest absolute Gasteiger partial charge is 0.302 e. The zero-order valence-electron chi connectivity index (χ0n) is 9.46. The SMILES string of the molecule is CCN1CCCN(CCC(C)=O)CC1. The Labute approximate surface area is 87.1 Å². The first-order valence-electron chi connectivity index (χ1n) is 5.66. The smallest absolute Gasteiger partial charge is 0.131 e. The fourth-order valence-corrected chi connectivity index (χ4v) is 1.88. The highest BCUT2D eigenvalue weighted by atomic mass is 16.1. The van der Waals surface area contributed by atoms with Crippen molar-refractivity contribution >= 4 is 5.78 Å². The zero-order chi connectivity index (χ0) is 10.4. The van der Waals surface area contributed by atoms with E-state index in [1.807, 2.05) is 0 Å². The number of carbonyl (C=O) groups excluding carboxylic acids is 1. The third-order valence-electron chi connectivity index (χ3n) is 2.91. The van der Waals surface area contributed by atoms with Gasteiger partial charge in [0.15, 0.2) is 0 Å². The minimum atomic E-state index is 0.307. The molecule has 1 aliphatic heterocycles. The van der Waals surface area contributed by atoms with Crippen LogP contribution >= 0.6 is 0 Å².